The largest absolute Gasteiger partial charge is 0.475 e. The number of hydrogen-bond donors (Lipinski definition) is 0. The van der Waals surface area contributed by atoms with Gasteiger partial charge in [0.2, 0.25) is 0 Å². The molecule has 1 unspecified atom stereocenters. The highest BCUT2D eigenvalue weighted by atomic mass is 19.1. The van der Waals surface area contributed by atoms with Crippen molar-refractivity contribution < 1.29 is 13.5 Å². The summed E-state index contributed by atoms with van der Waals surface area (Å²) in [4.78, 5) is 0. The average molecular weight is 273 g/mol. The zero-order chi connectivity index (χ0) is 14.4. The van der Waals surface area contributed by atoms with Crippen molar-refractivity contribution >= 4 is 0 Å². The van der Waals surface area contributed by atoms with Crippen molar-refractivity contribution in [3.63, 3.8) is 0 Å². The van der Waals surface area contributed by atoms with E-state index in [-0.39, 0.29) is 5.82 Å². The zero-order valence-electron chi connectivity index (χ0n) is 10.7. The number of benzene rings is 2. The van der Waals surface area contributed by atoms with E-state index in [1.54, 1.807) is 24.3 Å². The lowest BCUT2D eigenvalue weighted by molar-refractivity contribution is 0.244. The van der Waals surface area contributed by atoms with E-state index in [4.69, 9.17) is 10.00 Å². The van der Waals surface area contributed by atoms with Gasteiger partial charge in [-0.25, -0.2) is 8.78 Å². The molecule has 0 spiro atoms. The fraction of sp³-hybridized carbons (Fsp3) is 0.188. The third-order valence-electron chi connectivity index (χ3n) is 2.85. The molecule has 0 bridgehead atoms. The standard InChI is InChI=1S/C16H13F2NO/c17-13-5-3-6-14(10-13)20-15(11-19)9-8-12-4-1-2-7-16(12)18/h1-7,10,15H,8-9H2. The second-order valence-corrected chi connectivity index (χ2v) is 4.32. The molecular formula is C16H13F2NO. The van der Waals surface area contributed by atoms with Crippen LogP contribution < -0.4 is 4.74 Å². The van der Waals surface area contributed by atoms with Gasteiger partial charge in [-0.1, -0.05) is 24.3 Å². The van der Waals surface area contributed by atoms with Crippen molar-refractivity contribution in [2.24, 2.45) is 0 Å². The van der Waals surface area contributed by atoms with Crippen LogP contribution in [0.1, 0.15) is 12.0 Å². The number of halogens is 2. The number of ether oxygens (including phenoxy) is 1. The molecular weight excluding hydrogens is 260 g/mol. The van der Waals surface area contributed by atoms with Crippen molar-refractivity contribution in [1.29, 1.82) is 5.26 Å². The molecule has 2 aromatic rings. The van der Waals surface area contributed by atoms with Crippen molar-refractivity contribution in [3.8, 4) is 11.8 Å². The maximum Gasteiger partial charge on any atom is 0.184 e. The lowest BCUT2D eigenvalue weighted by atomic mass is 10.1. The fourth-order valence-electron chi connectivity index (χ4n) is 1.84. The first-order valence-electron chi connectivity index (χ1n) is 6.24. The predicted molar refractivity (Wildman–Crippen MR) is 71.2 cm³/mol. The van der Waals surface area contributed by atoms with Gasteiger partial charge in [0.05, 0.1) is 0 Å². The Morgan fingerprint density at radius 3 is 2.60 bits per heavy atom. The van der Waals surface area contributed by atoms with Gasteiger partial charge in [0.1, 0.15) is 23.5 Å². The maximum absolute atomic E-state index is 13.5. The van der Waals surface area contributed by atoms with Crippen LogP contribution in [0.15, 0.2) is 48.5 Å². The van der Waals surface area contributed by atoms with Crippen molar-refractivity contribution in [2.45, 2.75) is 18.9 Å². The molecule has 0 N–H and O–H groups in total. The summed E-state index contributed by atoms with van der Waals surface area (Å²) in [6, 6.07) is 14.0. The Hall–Kier alpha value is -2.41. The third-order valence-corrected chi connectivity index (χ3v) is 2.85. The zero-order valence-corrected chi connectivity index (χ0v) is 10.7. The van der Waals surface area contributed by atoms with Crippen LogP contribution in [0.2, 0.25) is 0 Å². The van der Waals surface area contributed by atoms with Gasteiger partial charge in [-0.05, 0) is 30.2 Å². The summed E-state index contributed by atoms with van der Waals surface area (Å²) in [6.45, 7) is 0. The van der Waals surface area contributed by atoms with Crippen LogP contribution >= 0.6 is 0 Å². The van der Waals surface area contributed by atoms with Crippen LogP contribution in [0, 0.1) is 23.0 Å². The summed E-state index contributed by atoms with van der Waals surface area (Å²) in [5.74, 6) is -0.423. The molecule has 0 aliphatic rings. The lowest BCUT2D eigenvalue weighted by Gasteiger charge is -2.12. The summed E-state index contributed by atoms with van der Waals surface area (Å²) >= 11 is 0. The number of hydrogen-bond acceptors (Lipinski definition) is 2. The first-order valence-corrected chi connectivity index (χ1v) is 6.24. The first-order chi connectivity index (χ1) is 9.69. The molecule has 0 aliphatic heterocycles. The number of aryl methyl sites for hydroxylation is 1. The molecule has 0 aromatic heterocycles. The summed E-state index contributed by atoms with van der Waals surface area (Å²) in [5.41, 5.74) is 0.538. The van der Waals surface area contributed by atoms with E-state index < -0.39 is 11.9 Å². The fourth-order valence-corrected chi connectivity index (χ4v) is 1.84. The molecule has 20 heavy (non-hydrogen) atoms. The van der Waals surface area contributed by atoms with Gasteiger partial charge < -0.3 is 4.74 Å². The minimum Gasteiger partial charge on any atom is -0.475 e. The lowest BCUT2D eigenvalue weighted by Crippen LogP contribution is -2.15. The van der Waals surface area contributed by atoms with Gasteiger partial charge in [-0.2, -0.15) is 5.26 Å². The molecule has 1 atom stereocenters. The monoisotopic (exact) mass is 273 g/mol. The van der Waals surface area contributed by atoms with Gasteiger partial charge >= 0.3 is 0 Å². The molecule has 4 heteroatoms. The summed E-state index contributed by atoms with van der Waals surface area (Å²) in [7, 11) is 0. The van der Waals surface area contributed by atoms with Gasteiger partial charge in [-0.15, -0.1) is 0 Å². The Labute approximate surface area is 116 Å². The van der Waals surface area contributed by atoms with Crippen molar-refractivity contribution in [1.82, 2.24) is 0 Å². The molecule has 0 heterocycles. The molecule has 2 aromatic carbocycles. The average Bonchev–Trinajstić information content (AvgIpc) is 2.45. The molecule has 2 nitrogen and oxygen atoms in total. The van der Waals surface area contributed by atoms with E-state index in [2.05, 4.69) is 0 Å². The SMILES string of the molecule is N#CC(CCc1ccccc1F)Oc1cccc(F)c1. The Morgan fingerprint density at radius 2 is 1.90 bits per heavy atom. The molecule has 2 rings (SSSR count). The number of rotatable bonds is 5. The third kappa shape index (κ3) is 3.79. The van der Waals surface area contributed by atoms with E-state index in [1.807, 2.05) is 6.07 Å². The minimum atomic E-state index is -0.739. The summed E-state index contributed by atoms with van der Waals surface area (Å²) in [6.07, 6.45) is -0.00912. The van der Waals surface area contributed by atoms with Gasteiger partial charge in [0, 0.05) is 12.5 Å². The van der Waals surface area contributed by atoms with E-state index in [0.29, 0.717) is 24.2 Å². The number of nitrogens with zero attached hydrogens (tertiary/aromatic N) is 1. The Morgan fingerprint density at radius 1 is 1.10 bits per heavy atom. The van der Waals surface area contributed by atoms with Crippen LogP contribution in [0.25, 0.3) is 0 Å². The smallest absolute Gasteiger partial charge is 0.184 e. The summed E-state index contributed by atoms with van der Waals surface area (Å²) in [5, 5.41) is 9.04. The quantitative estimate of drug-likeness (QED) is 0.828. The molecule has 0 aliphatic carbocycles. The highest BCUT2D eigenvalue weighted by Crippen LogP contribution is 2.17. The second kappa shape index (κ2) is 6.67. The van der Waals surface area contributed by atoms with E-state index in [1.165, 1.54) is 24.3 Å². The Kier molecular flexibility index (Phi) is 4.67. The highest BCUT2D eigenvalue weighted by molar-refractivity contribution is 5.23. The number of nitriles is 1. The first kappa shape index (κ1) is 14.0. The molecule has 0 saturated carbocycles. The van der Waals surface area contributed by atoms with E-state index in [9.17, 15) is 8.78 Å². The molecule has 0 saturated heterocycles. The van der Waals surface area contributed by atoms with Gasteiger partial charge in [-0.3, -0.25) is 0 Å². The topological polar surface area (TPSA) is 33.0 Å². The van der Waals surface area contributed by atoms with Crippen molar-refractivity contribution in [2.75, 3.05) is 0 Å². The molecule has 0 fully saturated rings. The van der Waals surface area contributed by atoms with Gasteiger partial charge in [0.25, 0.3) is 0 Å². The van der Waals surface area contributed by atoms with Crippen LogP contribution in [0.4, 0.5) is 8.78 Å². The maximum atomic E-state index is 13.5. The Balaban J connectivity index is 1.97. The predicted octanol–water partition coefficient (Wildman–Crippen LogP) is 3.87. The van der Waals surface area contributed by atoms with E-state index in [0.717, 1.165) is 0 Å². The minimum absolute atomic E-state index is 0.296. The van der Waals surface area contributed by atoms with Crippen LogP contribution in [-0.4, -0.2) is 6.10 Å². The van der Waals surface area contributed by atoms with Crippen LogP contribution in [0.3, 0.4) is 0 Å². The van der Waals surface area contributed by atoms with Crippen molar-refractivity contribution in [3.05, 3.63) is 65.7 Å². The van der Waals surface area contributed by atoms with E-state index >= 15 is 0 Å². The molecule has 0 amide bonds. The molecule has 0 radical (unpaired) electrons. The molecule has 102 valence electrons. The summed E-state index contributed by atoms with van der Waals surface area (Å²) < 4.78 is 31.8. The van der Waals surface area contributed by atoms with Gasteiger partial charge in [0.15, 0.2) is 6.10 Å². The Bertz CT molecular complexity index is 622. The van der Waals surface area contributed by atoms with Crippen LogP contribution in [0.5, 0.6) is 5.75 Å². The normalized spacial score (nSPS) is 11.7. The second-order valence-electron chi connectivity index (χ2n) is 4.32. The highest BCUT2D eigenvalue weighted by Gasteiger charge is 2.11. The van der Waals surface area contributed by atoms with Crippen LogP contribution in [-0.2, 0) is 6.42 Å².